The minimum Gasteiger partial charge on any atom is -0.468 e. The van der Waals surface area contributed by atoms with E-state index in [0.717, 1.165) is 30.2 Å². The van der Waals surface area contributed by atoms with Crippen molar-refractivity contribution >= 4 is 5.52 Å². The first-order valence-electron chi connectivity index (χ1n) is 9.48. The van der Waals surface area contributed by atoms with Gasteiger partial charge in [0.15, 0.2) is 11.6 Å². The Kier molecular flexibility index (Phi) is 4.92. The van der Waals surface area contributed by atoms with Crippen molar-refractivity contribution in [2.24, 2.45) is 7.05 Å². The number of rotatable bonds is 6. The van der Waals surface area contributed by atoms with Crippen LogP contribution < -0.4 is 4.74 Å². The summed E-state index contributed by atoms with van der Waals surface area (Å²) < 4.78 is 37.3. The number of aryl methyl sites for hydroxylation is 1. The summed E-state index contributed by atoms with van der Waals surface area (Å²) in [5.41, 5.74) is 1.07. The monoisotopic (exact) mass is 413 g/mol. The zero-order chi connectivity index (χ0) is 21.5. The first-order valence-corrected chi connectivity index (χ1v) is 9.48. The fraction of sp³-hybridized carbons (Fsp3) is 0.350. The van der Waals surface area contributed by atoms with Gasteiger partial charge in [0.2, 0.25) is 5.88 Å². The van der Waals surface area contributed by atoms with E-state index in [1.54, 1.807) is 17.9 Å². The number of halogens is 2. The van der Waals surface area contributed by atoms with Crippen LogP contribution in [0.5, 0.6) is 5.88 Å². The third-order valence-corrected chi connectivity index (χ3v) is 5.30. The molecule has 4 rings (SSSR count). The third-order valence-electron chi connectivity index (χ3n) is 5.30. The van der Waals surface area contributed by atoms with Crippen LogP contribution in [0.25, 0.3) is 16.9 Å². The topological polar surface area (TPSA) is 83.0 Å². The van der Waals surface area contributed by atoms with Gasteiger partial charge in [-0.05, 0) is 30.0 Å². The maximum absolute atomic E-state index is 14.4. The molecular formula is C20H21F2N7O. The summed E-state index contributed by atoms with van der Waals surface area (Å²) in [6.45, 7) is 6.32. The van der Waals surface area contributed by atoms with E-state index in [-0.39, 0.29) is 23.4 Å². The third kappa shape index (κ3) is 3.38. The van der Waals surface area contributed by atoms with Crippen LogP contribution in [-0.2, 0) is 19.1 Å². The van der Waals surface area contributed by atoms with E-state index in [1.807, 2.05) is 0 Å². The van der Waals surface area contributed by atoms with Crippen LogP contribution in [-0.4, -0.2) is 34.6 Å². The van der Waals surface area contributed by atoms with Gasteiger partial charge in [0.1, 0.15) is 24.6 Å². The van der Waals surface area contributed by atoms with E-state index in [4.69, 9.17) is 4.74 Å². The van der Waals surface area contributed by atoms with Crippen molar-refractivity contribution in [2.75, 3.05) is 0 Å². The fourth-order valence-electron chi connectivity index (χ4n) is 3.21. The molecule has 0 N–H and O–H groups in total. The van der Waals surface area contributed by atoms with Crippen LogP contribution in [0.15, 0.2) is 30.7 Å². The molecule has 0 amide bonds. The number of ether oxygens (including phenoxy) is 1. The number of hydrogen-bond donors (Lipinski definition) is 0. The van der Waals surface area contributed by atoms with Crippen LogP contribution in [0.1, 0.15) is 38.6 Å². The standard InChI is InChI=1S/C20H21F2N7O/c1-5-20(2,3)17-15-9-24-26-18(13-8-12(21)6-7-14(13)22)29(15)27-19(17)30-10-16-23-11-25-28(16)4/h6-9,11H,5,10H2,1-4H3. The van der Waals surface area contributed by atoms with Crippen molar-refractivity contribution < 1.29 is 13.5 Å². The summed E-state index contributed by atoms with van der Waals surface area (Å²) in [5, 5.41) is 16.6. The molecule has 0 unspecified atom stereocenters. The highest BCUT2D eigenvalue weighted by Gasteiger charge is 2.30. The van der Waals surface area contributed by atoms with Gasteiger partial charge in [0, 0.05) is 12.6 Å². The lowest BCUT2D eigenvalue weighted by atomic mass is 9.83. The van der Waals surface area contributed by atoms with Gasteiger partial charge in [-0.15, -0.1) is 10.2 Å². The summed E-state index contributed by atoms with van der Waals surface area (Å²) in [5.74, 6) is -0.124. The summed E-state index contributed by atoms with van der Waals surface area (Å²) in [6.07, 6.45) is 3.79. The first kappa shape index (κ1) is 19.9. The minimum atomic E-state index is -0.619. The molecule has 8 nitrogen and oxygen atoms in total. The second-order valence-corrected chi connectivity index (χ2v) is 7.60. The lowest BCUT2D eigenvalue weighted by molar-refractivity contribution is 0.269. The quantitative estimate of drug-likeness (QED) is 0.481. The zero-order valence-electron chi connectivity index (χ0n) is 17.1. The normalized spacial score (nSPS) is 11.9. The summed E-state index contributed by atoms with van der Waals surface area (Å²) >= 11 is 0. The Bertz CT molecular complexity index is 1220. The average Bonchev–Trinajstić information content (AvgIpc) is 3.31. The molecule has 3 aromatic heterocycles. The Balaban J connectivity index is 1.89. The Morgan fingerprint density at radius 1 is 1.20 bits per heavy atom. The Labute approximate surface area is 171 Å². The van der Waals surface area contributed by atoms with Gasteiger partial charge in [-0.2, -0.15) is 10.2 Å². The van der Waals surface area contributed by atoms with E-state index in [2.05, 4.69) is 46.1 Å². The molecule has 30 heavy (non-hydrogen) atoms. The van der Waals surface area contributed by atoms with Gasteiger partial charge >= 0.3 is 0 Å². The number of aromatic nitrogens is 7. The van der Waals surface area contributed by atoms with Crippen LogP contribution in [0.3, 0.4) is 0 Å². The summed E-state index contributed by atoms with van der Waals surface area (Å²) in [7, 11) is 1.77. The van der Waals surface area contributed by atoms with Crippen LogP contribution >= 0.6 is 0 Å². The molecule has 156 valence electrons. The van der Waals surface area contributed by atoms with E-state index in [9.17, 15) is 8.78 Å². The van der Waals surface area contributed by atoms with Gasteiger partial charge in [-0.25, -0.2) is 18.3 Å². The number of hydrogen-bond acceptors (Lipinski definition) is 6. The summed E-state index contributed by atoms with van der Waals surface area (Å²) in [6, 6.07) is 3.18. The highest BCUT2D eigenvalue weighted by atomic mass is 19.1. The smallest absolute Gasteiger partial charge is 0.238 e. The molecule has 0 atom stereocenters. The second kappa shape index (κ2) is 7.43. The van der Waals surface area contributed by atoms with Crippen molar-refractivity contribution in [2.45, 2.75) is 39.2 Å². The number of nitrogens with zero attached hydrogens (tertiary/aromatic N) is 7. The SMILES string of the molecule is CCC(C)(C)c1c(OCc2ncnn2C)nn2c(-c3cc(F)ccc3F)nncc12. The van der Waals surface area contributed by atoms with Crippen molar-refractivity contribution in [1.29, 1.82) is 0 Å². The largest absolute Gasteiger partial charge is 0.468 e. The van der Waals surface area contributed by atoms with Crippen molar-refractivity contribution in [1.82, 2.24) is 34.6 Å². The van der Waals surface area contributed by atoms with Gasteiger partial charge in [0.05, 0.1) is 17.3 Å². The molecule has 0 aliphatic carbocycles. The number of benzene rings is 1. The van der Waals surface area contributed by atoms with Gasteiger partial charge < -0.3 is 4.74 Å². The molecule has 0 saturated carbocycles. The molecule has 0 saturated heterocycles. The highest BCUT2D eigenvalue weighted by Crippen LogP contribution is 2.38. The summed E-state index contributed by atoms with van der Waals surface area (Å²) in [4.78, 5) is 4.16. The maximum atomic E-state index is 14.4. The maximum Gasteiger partial charge on any atom is 0.238 e. The molecule has 0 aliphatic heterocycles. The Hall–Kier alpha value is -3.43. The van der Waals surface area contributed by atoms with E-state index < -0.39 is 11.6 Å². The number of fused-ring (bicyclic) bond motifs is 1. The molecule has 0 bridgehead atoms. The van der Waals surface area contributed by atoms with Crippen LogP contribution in [0.2, 0.25) is 0 Å². The van der Waals surface area contributed by atoms with Crippen LogP contribution in [0, 0.1) is 11.6 Å². The van der Waals surface area contributed by atoms with E-state index >= 15 is 0 Å². The van der Waals surface area contributed by atoms with E-state index in [0.29, 0.717) is 17.2 Å². The first-order chi connectivity index (χ1) is 14.3. The molecule has 0 radical (unpaired) electrons. The van der Waals surface area contributed by atoms with Crippen LogP contribution in [0.4, 0.5) is 8.78 Å². The Morgan fingerprint density at radius 2 is 2.00 bits per heavy atom. The lowest BCUT2D eigenvalue weighted by Gasteiger charge is -2.22. The molecule has 3 heterocycles. The zero-order valence-corrected chi connectivity index (χ0v) is 17.1. The van der Waals surface area contributed by atoms with Crippen molar-refractivity contribution in [3.63, 3.8) is 0 Å². The average molecular weight is 413 g/mol. The molecule has 0 spiro atoms. The molecule has 1 aromatic carbocycles. The van der Waals surface area contributed by atoms with Gasteiger partial charge in [-0.3, -0.25) is 4.68 Å². The molecule has 10 heteroatoms. The minimum absolute atomic E-state index is 0.0312. The van der Waals surface area contributed by atoms with Gasteiger partial charge in [0.25, 0.3) is 0 Å². The molecule has 0 fully saturated rings. The van der Waals surface area contributed by atoms with Crippen molar-refractivity contribution in [3.05, 3.63) is 53.7 Å². The second-order valence-electron chi connectivity index (χ2n) is 7.60. The predicted octanol–water partition coefficient (Wildman–Crippen LogP) is 3.46. The fourth-order valence-corrected chi connectivity index (χ4v) is 3.21. The van der Waals surface area contributed by atoms with Crippen molar-refractivity contribution in [3.8, 4) is 17.3 Å². The Morgan fingerprint density at radius 3 is 2.70 bits per heavy atom. The molecule has 0 aliphatic rings. The predicted molar refractivity (Wildman–Crippen MR) is 105 cm³/mol. The highest BCUT2D eigenvalue weighted by molar-refractivity contribution is 5.66. The van der Waals surface area contributed by atoms with E-state index in [1.165, 1.54) is 10.8 Å². The van der Waals surface area contributed by atoms with Gasteiger partial charge in [-0.1, -0.05) is 20.8 Å². The molecule has 4 aromatic rings. The molecular weight excluding hydrogens is 392 g/mol. The lowest BCUT2D eigenvalue weighted by Crippen LogP contribution is -2.17.